The van der Waals surface area contributed by atoms with Gasteiger partial charge < -0.3 is 19.6 Å². The maximum absolute atomic E-state index is 12.3. The van der Waals surface area contributed by atoms with Crippen LogP contribution in [0.1, 0.15) is 32.6 Å². The van der Waals surface area contributed by atoms with Crippen LogP contribution in [0.4, 0.5) is 4.79 Å². The molecule has 7 nitrogen and oxygen atoms in total. The number of hydrogen-bond donors (Lipinski definition) is 1. The summed E-state index contributed by atoms with van der Waals surface area (Å²) in [7, 11) is 3.03. The summed E-state index contributed by atoms with van der Waals surface area (Å²) in [6.45, 7) is 2.80. The van der Waals surface area contributed by atoms with Gasteiger partial charge in [0, 0.05) is 32.6 Å². The number of carboxylic acids is 1. The molecule has 0 spiro atoms. The van der Waals surface area contributed by atoms with Crippen molar-refractivity contribution in [2.75, 3.05) is 27.2 Å². The minimum Gasteiger partial charge on any atom is -0.481 e. The highest BCUT2D eigenvalue weighted by molar-refractivity contribution is 5.76. The van der Waals surface area contributed by atoms with E-state index in [0.717, 1.165) is 0 Å². The SMILES string of the molecule is COC(=O)CCCN(C)C(=O)N1CCC(C(=O)O)CC1C. The Kier molecular flexibility index (Phi) is 6.45. The van der Waals surface area contributed by atoms with Crippen molar-refractivity contribution in [1.82, 2.24) is 9.80 Å². The zero-order chi connectivity index (χ0) is 16.0. The molecule has 7 heteroatoms. The third-order valence-electron chi connectivity index (χ3n) is 3.90. The largest absolute Gasteiger partial charge is 0.481 e. The summed E-state index contributed by atoms with van der Waals surface area (Å²) in [4.78, 5) is 37.6. The lowest BCUT2D eigenvalue weighted by Gasteiger charge is -2.38. The van der Waals surface area contributed by atoms with Gasteiger partial charge in [-0.2, -0.15) is 0 Å². The first-order valence-corrected chi connectivity index (χ1v) is 7.18. The Morgan fingerprint density at radius 2 is 2.05 bits per heavy atom. The lowest BCUT2D eigenvalue weighted by Crippen LogP contribution is -2.50. The van der Waals surface area contributed by atoms with Crippen LogP contribution in [0.15, 0.2) is 0 Å². The molecule has 2 amide bonds. The molecule has 0 saturated carbocycles. The number of carbonyl (C=O) groups excluding carboxylic acids is 2. The predicted molar refractivity (Wildman–Crippen MR) is 75.8 cm³/mol. The number of methoxy groups -OCH3 is 1. The Morgan fingerprint density at radius 1 is 1.38 bits per heavy atom. The van der Waals surface area contributed by atoms with Gasteiger partial charge in [0.2, 0.25) is 0 Å². The van der Waals surface area contributed by atoms with Crippen LogP contribution < -0.4 is 0 Å². The second-order valence-electron chi connectivity index (χ2n) is 5.49. The number of ether oxygens (including phenoxy) is 1. The molecule has 0 aromatic heterocycles. The molecule has 0 radical (unpaired) electrons. The maximum atomic E-state index is 12.3. The van der Waals surface area contributed by atoms with Gasteiger partial charge in [-0.3, -0.25) is 9.59 Å². The van der Waals surface area contributed by atoms with Crippen molar-refractivity contribution in [2.24, 2.45) is 5.92 Å². The van der Waals surface area contributed by atoms with E-state index in [-0.39, 0.29) is 30.4 Å². The second-order valence-corrected chi connectivity index (χ2v) is 5.49. The van der Waals surface area contributed by atoms with Gasteiger partial charge in [-0.1, -0.05) is 0 Å². The first-order chi connectivity index (χ1) is 9.86. The molecule has 1 heterocycles. The number of carbonyl (C=O) groups is 3. The van der Waals surface area contributed by atoms with Gasteiger partial charge in [0.1, 0.15) is 0 Å². The van der Waals surface area contributed by atoms with Crippen molar-refractivity contribution in [3.8, 4) is 0 Å². The zero-order valence-corrected chi connectivity index (χ0v) is 12.9. The number of carboxylic acid groups (broad SMARTS) is 1. The van der Waals surface area contributed by atoms with E-state index in [0.29, 0.717) is 32.4 Å². The molecule has 120 valence electrons. The Labute approximate surface area is 124 Å². The number of amides is 2. The van der Waals surface area contributed by atoms with Gasteiger partial charge in [0.25, 0.3) is 0 Å². The van der Waals surface area contributed by atoms with Crippen LogP contribution >= 0.6 is 0 Å². The molecule has 1 aliphatic heterocycles. The number of likely N-dealkylation sites (tertiary alicyclic amines) is 1. The average molecular weight is 300 g/mol. The monoisotopic (exact) mass is 300 g/mol. The molecule has 2 atom stereocenters. The van der Waals surface area contributed by atoms with Crippen LogP contribution in [-0.4, -0.2) is 66.2 Å². The van der Waals surface area contributed by atoms with Crippen molar-refractivity contribution in [3.63, 3.8) is 0 Å². The van der Waals surface area contributed by atoms with E-state index >= 15 is 0 Å². The normalized spacial score (nSPS) is 21.8. The maximum Gasteiger partial charge on any atom is 0.319 e. The molecule has 0 aliphatic carbocycles. The van der Waals surface area contributed by atoms with Gasteiger partial charge in [0.15, 0.2) is 0 Å². The van der Waals surface area contributed by atoms with E-state index in [1.165, 1.54) is 7.11 Å². The first kappa shape index (κ1) is 17.3. The minimum atomic E-state index is -0.791. The van der Waals surface area contributed by atoms with Crippen molar-refractivity contribution in [2.45, 2.75) is 38.6 Å². The molecule has 0 bridgehead atoms. The van der Waals surface area contributed by atoms with Crippen LogP contribution in [-0.2, 0) is 14.3 Å². The summed E-state index contributed by atoms with van der Waals surface area (Å²) >= 11 is 0. The molecule has 21 heavy (non-hydrogen) atoms. The fourth-order valence-corrected chi connectivity index (χ4v) is 2.56. The molecule has 0 aromatic rings. The third-order valence-corrected chi connectivity index (χ3v) is 3.90. The third kappa shape index (κ3) is 4.91. The quantitative estimate of drug-likeness (QED) is 0.770. The van der Waals surface area contributed by atoms with E-state index < -0.39 is 5.97 Å². The highest BCUT2D eigenvalue weighted by Crippen LogP contribution is 2.23. The molecule has 0 aromatic carbocycles. The average Bonchev–Trinajstić information content (AvgIpc) is 2.45. The fourth-order valence-electron chi connectivity index (χ4n) is 2.56. The van der Waals surface area contributed by atoms with Gasteiger partial charge in [0.05, 0.1) is 13.0 Å². The molecular formula is C14H24N2O5. The molecule has 1 saturated heterocycles. The minimum absolute atomic E-state index is 0.0876. The van der Waals surface area contributed by atoms with Crippen LogP contribution in [0.3, 0.4) is 0 Å². The summed E-state index contributed by atoms with van der Waals surface area (Å²) in [6, 6.07) is -0.202. The van der Waals surface area contributed by atoms with Gasteiger partial charge in [-0.25, -0.2) is 4.79 Å². The van der Waals surface area contributed by atoms with Crippen LogP contribution in [0, 0.1) is 5.92 Å². The lowest BCUT2D eigenvalue weighted by atomic mass is 9.92. The topological polar surface area (TPSA) is 87.2 Å². The van der Waals surface area contributed by atoms with Crippen molar-refractivity contribution in [3.05, 3.63) is 0 Å². The number of piperidine rings is 1. The standard InChI is InChI=1S/C14H24N2O5/c1-10-9-11(13(18)19)6-8-16(10)14(20)15(2)7-4-5-12(17)21-3/h10-11H,4-9H2,1-3H3,(H,18,19). The Balaban J connectivity index is 2.44. The number of rotatable bonds is 5. The van der Waals surface area contributed by atoms with E-state index in [9.17, 15) is 14.4 Å². The van der Waals surface area contributed by atoms with E-state index in [1.807, 2.05) is 6.92 Å². The Hall–Kier alpha value is -1.79. The summed E-state index contributed by atoms with van der Waals surface area (Å²) in [5.74, 6) is -1.44. The highest BCUT2D eigenvalue weighted by Gasteiger charge is 2.33. The zero-order valence-electron chi connectivity index (χ0n) is 12.9. The highest BCUT2D eigenvalue weighted by atomic mass is 16.5. The number of urea groups is 1. The van der Waals surface area contributed by atoms with Crippen LogP contribution in [0.25, 0.3) is 0 Å². The first-order valence-electron chi connectivity index (χ1n) is 7.18. The van der Waals surface area contributed by atoms with E-state index in [2.05, 4.69) is 4.74 Å². The Morgan fingerprint density at radius 3 is 2.57 bits per heavy atom. The number of nitrogens with zero attached hydrogens (tertiary/aromatic N) is 2. The molecular weight excluding hydrogens is 276 g/mol. The number of esters is 1. The summed E-state index contributed by atoms with van der Waals surface area (Å²) in [6.07, 6.45) is 1.80. The molecule has 2 unspecified atom stereocenters. The van der Waals surface area contributed by atoms with E-state index in [1.54, 1.807) is 16.8 Å². The smallest absolute Gasteiger partial charge is 0.319 e. The van der Waals surface area contributed by atoms with Crippen molar-refractivity contribution >= 4 is 18.0 Å². The lowest BCUT2D eigenvalue weighted by molar-refractivity contribution is -0.143. The van der Waals surface area contributed by atoms with E-state index in [4.69, 9.17) is 5.11 Å². The summed E-state index contributed by atoms with van der Waals surface area (Å²) < 4.78 is 4.55. The van der Waals surface area contributed by atoms with Gasteiger partial charge in [-0.15, -0.1) is 0 Å². The molecule has 1 N–H and O–H groups in total. The van der Waals surface area contributed by atoms with Gasteiger partial charge in [-0.05, 0) is 26.2 Å². The molecule has 1 aliphatic rings. The van der Waals surface area contributed by atoms with Crippen molar-refractivity contribution < 1.29 is 24.2 Å². The number of hydrogen-bond acceptors (Lipinski definition) is 4. The molecule has 1 fully saturated rings. The van der Waals surface area contributed by atoms with Gasteiger partial charge >= 0.3 is 18.0 Å². The summed E-state index contributed by atoms with van der Waals surface area (Å²) in [5, 5.41) is 9.02. The van der Waals surface area contributed by atoms with Crippen LogP contribution in [0.2, 0.25) is 0 Å². The predicted octanol–water partition coefficient (Wildman–Crippen LogP) is 1.18. The number of aliphatic carboxylic acids is 1. The Bertz CT molecular complexity index is 399. The van der Waals surface area contributed by atoms with Crippen molar-refractivity contribution in [1.29, 1.82) is 0 Å². The summed E-state index contributed by atoms with van der Waals surface area (Å²) in [5.41, 5.74) is 0. The molecule has 1 rings (SSSR count). The second kappa shape index (κ2) is 7.85. The van der Waals surface area contributed by atoms with Crippen LogP contribution in [0.5, 0.6) is 0 Å². The fraction of sp³-hybridized carbons (Fsp3) is 0.786.